The predicted molar refractivity (Wildman–Crippen MR) is 127 cm³/mol. The zero-order chi connectivity index (χ0) is 21.6. The van der Waals surface area contributed by atoms with E-state index < -0.39 is 0 Å². The van der Waals surface area contributed by atoms with Gasteiger partial charge >= 0.3 is 0 Å². The molecule has 0 radical (unpaired) electrons. The van der Waals surface area contributed by atoms with E-state index in [2.05, 4.69) is 36.7 Å². The standard InChI is InChI=1S/C27H31ClN2O/c1-27(2)14-12-18(13-15-27)20-16-22-23(17-20)29-30(24-6-4-5-7-25(24)31-3)26(22)19-8-10-21(28)11-9-19/h4-11,18,20H,12-17H2,1-3H3. The van der Waals surface area contributed by atoms with Gasteiger partial charge in [-0.2, -0.15) is 5.10 Å². The molecule has 1 saturated carbocycles. The molecule has 1 unspecified atom stereocenters. The Labute approximate surface area is 190 Å². The Morgan fingerprint density at radius 3 is 2.39 bits per heavy atom. The van der Waals surface area contributed by atoms with Crippen LogP contribution in [-0.4, -0.2) is 16.9 Å². The Kier molecular flexibility index (Phi) is 5.34. The summed E-state index contributed by atoms with van der Waals surface area (Å²) in [6.45, 7) is 4.84. The number of fused-ring (bicyclic) bond motifs is 1. The van der Waals surface area contributed by atoms with Crippen molar-refractivity contribution in [2.75, 3.05) is 7.11 Å². The lowest BCUT2D eigenvalue weighted by atomic mass is 9.69. The second-order valence-electron chi connectivity index (χ2n) is 10.0. The highest BCUT2D eigenvalue weighted by Crippen LogP contribution is 2.46. The largest absolute Gasteiger partial charge is 0.494 e. The smallest absolute Gasteiger partial charge is 0.144 e. The second kappa shape index (κ2) is 8.02. The normalized spacial score (nSPS) is 20.6. The van der Waals surface area contributed by atoms with Gasteiger partial charge in [0.1, 0.15) is 11.4 Å². The molecule has 4 heteroatoms. The number of hydrogen-bond donors (Lipinski definition) is 0. The highest BCUT2D eigenvalue weighted by molar-refractivity contribution is 6.30. The molecule has 3 aromatic rings. The van der Waals surface area contributed by atoms with E-state index in [1.807, 2.05) is 30.3 Å². The first-order valence-electron chi connectivity index (χ1n) is 11.5. The summed E-state index contributed by atoms with van der Waals surface area (Å²) in [5, 5.41) is 5.90. The average molecular weight is 435 g/mol. The number of halogens is 1. The van der Waals surface area contributed by atoms with E-state index in [4.69, 9.17) is 21.4 Å². The molecule has 0 amide bonds. The molecular formula is C27H31ClN2O. The molecule has 1 heterocycles. The van der Waals surface area contributed by atoms with Crippen molar-refractivity contribution < 1.29 is 4.74 Å². The van der Waals surface area contributed by atoms with Gasteiger partial charge in [-0.3, -0.25) is 0 Å². The van der Waals surface area contributed by atoms with Crippen molar-refractivity contribution in [1.29, 1.82) is 0 Å². The monoisotopic (exact) mass is 434 g/mol. The van der Waals surface area contributed by atoms with Gasteiger partial charge in [0.2, 0.25) is 0 Å². The van der Waals surface area contributed by atoms with E-state index in [9.17, 15) is 0 Å². The summed E-state index contributed by atoms with van der Waals surface area (Å²) in [6.07, 6.45) is 7.60. The van der Waals surface area contributed by atoms with Gasteiger partial charge < -0.3 is 4.74 Å². The summed E-state index contributed by atoms with van der Waals surface area (Å²) in [4.78, 5) is 0. The van der Waals surface area contributed by atoms with Gasteiger partial charge in [-0.15, -0.1) is 0 Å². The SMILES string of the molecule is COc1ccccc1-n1nc2c(c1-c1ccc(Cl)cc1)CC(C1CCC(C)(C)CC1)C2. The Morgan fingerprint density at radius 1 is 0.968 bits per heavy atom. The summed E-state index contributed by atoms with van der Waals surface area (Å²) >= 11 is 6.20. The van der Waals surface area contributed by atoms with Crippen LogP contribution in [0.5, 0.6) is 5.75 Å². The highest BCUT2D eigenvalue weighted by atomic mass is 35.5. The van der Waals surface area contributed by atoms with E-state index in [1.54, 1.807) is 7.11 Å². The Hall–Kier alpha value is -2.26. The van der Waals surface area contributed by atoms with Gasteiger partial charge in [-0.25, -0.2) is 4.68 Å². The van der Waals surface area contributed by atoms with Gasteiger partial charge in [0, 0.05) is 16.1 Å². The minimum Gasteiger partial charge on any atom is -0.494 e. The number of para-hydroxylation sites is 2. The van der Waals surface area contributed by atoms with Crippen molar-refractivity contribution in [2.45, 2.75) is 52.4 Å². The Morgan fingerprint density at radius 2 is 1.68 bits per heavy atom. The third-order valence-electron chi connectivity index (χ3n) is 7.47. The third kappa shape index (κ3) is 3.89. The Balaban J connectivity index is 1.54. The predicted octanol–water partition coefficient (Wildman–Crippen LogP) is 7.13. The molecular weight excluding hydrogens is 404 g/mol. The van der Waals surface area contributed by atoms with Crippen LogP contribution >= 0.6 is 11.6 Å². The molecule has 2 aromatic carbocycles. The van der Waals surface area contributed by atoms with Crippen molar-refractivity contribution in [3.8, 4) is 22.7 Å². The van der Waals surface area contributed by atoms with Gasteiger partial charge in [-0.1, -0.05) is 49.7 Å². The molecule has 5 rings (SSSR count). The van der Waals surface area contributed by atoms with Crippen LogP contribution in [0.15, 0.2) is 48.5 Å². The number of rotatable bonds is 4. The first kappa shape index (κ1) is 20.6. The zero-order valence-electron chi connectivity index (χ0n) is 18.7. The van der Waals surface area contributed by atoms with Crippen molar-refractivity contribution in [3.63, 3.8) is 0 Å². The summed E-state index contributed by atoms with van der Waals surface area (Å²) < 4.78 is 7.75. The van der Waals surface area contributed by atoms with Crippen LogP contribution in [-0.2, 0) is 12.8 Å². The minimum absolute atomic E-state index is 0.511. The maximum Gasteiger partial charge on any atom is 0.144 e. The van der Waals surface area contributed by atoms with E-state index in [0.29, 0.717) is 11.3 Å². The number of benzene rings is 2. The molecule has 31 heavy (non-hydrogen) atoms. The minimum atomic E-state index is 0.511. The first-order chi connectivity index (χ1) is 14.9. The lowest BCUT2D eigenvalue weighted by molar-refractivity contribution is 0.151. The average Bonchev–Trinajstić information content (AvgIpc) is 3.32. The molecule has 1 fully saturated rings. The molecule has 0 bridgehead atoms. The third-order valence-corrected chi connectivity index (χ3v) is 7.72. The van der Waals surface area contributed by atoms with Gasteiger partial charge in [0.15, 0.2) is 0 Å². The number of methoxy groups -OCH3 is 1. The molecule has 3 nitrogen and oxygen atoms in total. The molecule has 1 atom stereocenters. The van der Waals surface area contributed by atoms with E-state index in [0.717, 1.165) is 40.8 Å². The lowest BCUT2D eigenvalue weighted by Gasteiger charge is -2.37. The van der Waals surface area contributed by atoms with Crippen LogP contribution in [0.25, 0.3) is 16.9 Å². The number of nitrogens with zero attached hydrogens (tertiary/aromatic N) is 2. The maximum atomic E-state index is 6.20. The van der Waals surface area contributed by atoms with Crippen molar-refractivity contribution >= 4 is 11.6 Å². The fourth-order valence-corrected chi connectivity index (χ4v) is 5.69. The lowest BCUT2D eigenvalue weighted by Crippen LogP contribution is -2.26. The zero-order valence-corrected chi connectivity index (χ0v) is 19.5. The molecule has 0 aliphatic heterocycles. The quantitative estimate of drug-likeness (QED) is 0.436. The summed E-state index contributed by atoms with van der Waals surface area (Å²) in [5.74, 6) is 2.37. The maximum absolute atomic E-state index is 6.20. The number of hydrogen-bond acceptors (Lipinski definition) is 2. The molecule has 162 valence electrons. The fraction of sp³-hybridized carbons (Fsp3) is 0.444. The van der Waals surface area contributed by atoms with Gasteiger partial charge in [-0.05, 0) is 80.0 Å². The highest BCUT2D eigenvalue weighted by Gasteiger charge is 2.37. The van der Waals surface area contributed by atoms with Gasteiger partial charge in [0.05, 0.1) is 18.5 Å². The fourth-order valence-electron chi connectivity index (χ4n) is 5.57. The van der Waals surface area contributed by atoms with Crippen LogP contribution < -0.4 is 4.74 Å². The van der Waals surface area contributed by atoms with Crippen LogP contribution in [0, 0.1) is 17.3 Å². The van der Waals surface area contributed by atoms with Crippen molar-refractivity contribution in [2.24, 2.45) is 17.3 Å². The first-order valence-corrected chi connectivity index (χ1v) is 11.8. The van der Waals surface area contributed by atoms with Crippen molar-refractivity contribution in [1.82, 2.24) is 9.78 Å². The van der Waals surface area contributed by atoms with Crippen LogP contribution in [0.3, 0.4) is 0 Å². The summed E-state index contributed by atoms with van der Waals surface area (Å²) in [5.41, 5.74) is 6.51. The molecule has 0 spiro atoms. The topological polar surface area (TPSA) is 27.1 Å². The second-order valence-corrected chi connectivity index (χ2v) is 10.5. The molecule has 2 aliphatic carbocycles. The molecule has 0 saturated heterocycles. The number of ether oxygens (including phenoxy) is 1. The van der Waals surface area contributed by atoms with Crippen LogP contribution in [0.1, 0.15) is 50.8 Å². The molecule has 1 aromatic heterocycles. The summed E-state index contributed by atoms with van der Waals surface area (Å²) in [7, 11) is 1.72. The van der Waals surface area contributed by atoms with E-state index >= 15 is 0 Å². The molecule has 0 N–H and O–H groups in total. The molecule has 2 aliphatic rings. The van der Waals surface area contributed by atoms with E-state index in [1.165, 1.54) is 42.6 Å². The van der Waals surface area contributed by atoms with Crippen LogP contribution in [0.4, 0.5) is 0 Å². The summed E-state index contributed by atoms with van der Waals surface area (Å²) in [6, 6.07) is 16.3. The Bertz CT molecular complexity index is 1070. The van der Waals surface area contributed by atoms with Crippen molar-refractivity contribution in [3.05, 3.63) is 64.8 Å². The number of aromatic nitrogens is 2. The van der Waals surface area contributed by atoms with Crippen LogP contribution in [0.2, 0.25) is 5.02 Å². The van der Waals surface area contributed by atoms with E-state index in [-0.39, 0.29) is 0 Å². The van der Waals surface area contributed by atoms with Gasteiger partial charge in [0.25, 0.3) is 0 Å².